The normalized spacial score (nSPS) is 11.9. The van der Waals surface area contributed by atoms with Crippen LogP contribution >= 0.6 is 11.3 Å². The van der Waals surface area contributed by atoms with Crippen molar-refractivity contribution in [3.63, 3.8) is 0 Å². The van der Waals surface area contributed by atoms with Crippen molar-refractivity contribution in [1.29, 1.82) is 0 Å². The van der Waals surface area contributed by atoms with Gasteiger partial charge in [-0.15, -0.1) is 0 Å². The molecule has 0 aliphatic rings. The molecule has 0 amide bonds. The summed E-state index contributed by atoms with van der Waals surface area (Å²) >= 11 is 1.57. The number of hydrogen-bond donors (Lipinski definition) is 1. The van der Waals surface area contributed by atoms with Gasteiger partial charge in [-0.25, -0.2) is 4.57 Å². The summed E-state index contributed by atoms with van der Waals surface area (Å²) in [6.45, 7) is 2.68. The lowest BCUT2D eigenvalue weighted by atomic mass is 10.2. The van der Waals surface area contributed by atoms with Crippen molar-refractivity contribution in [3.8, 4) is 5.75 Å². The number of thiazole rings is 1. The van der Waals surface area contributed by atoms with E-state index in [-0.39, 0.29) is 0 Å². The Hall–Kier alpha value is -1.89. The first kappa shape index (κ1) is 26.4. The Morgan fingerprint density at radius 3 is 2.41 bits per heavy atom. The molecule has 178 valence electrons. The maximum absolute atomic E-state index is 5.48. The van der Waals surface area contributed by atoms with Crippen LogP contribution in [0.25, 0.3) is 0 Å². The standard InChI is InChI=1S/C21H36N5O4SSi/c1-25(2)18-9-10-19(20(17-18)27-3)23-24-21-26(14-15-31-21)13-7-11-22-12-8-16-32(28-4,29-5)30-6/h9-10,14-15,17,22H,7-8,11-13,16H2,1-6H3/q+1. The molecule has 9 nitrogen and oxygen atoms in total. The van der Waals surface area contributed by atoms with E-state index in [0.717, 1.165) is 49.3 Å². The molecule has 0 aliphatic heterocycles. The number of aryl methyl sites for hydroxylation is 1. The average molecular weight is 483 g/mol. The molecular formula is C21H36N5O4SSi+. The van der Waals surface area contributed by atoms with Gasteiger partial charge in [0, 0.05) is 58.6 Å². The van der Waals surface area contributed by atoms with Gasteiger partial charge in [-0.2, -0.15) is 0 Å². The Morgan fingerprint density at radius 2 is 1.75 bits per heavy atom. The quantitative estimate of drug-likeness (QED) is 0.180. The minimum absolute atomic E-state index is 0.703. The molecule has 1 heterocycles. The van der Waals surface area contributed by atoms with Gasteiger partial charge in [-0.3, -0.25) is 0 Å². The van der Waals surface area contributed by atoms with Crippen molar-refractivity contribution in [2.24, 2.45) is 10.2 Å². The topological polar surface area (TPSA) is 80.8 Å². The van der Waals surface area contributed by atoms with Gasteiger partial charge in [-0.1, -0.05) is 0 Å². The number of hydrogen-bond acceptors (Lipinski definition) is 9. The molecule has 0 atom stereocenters. The fourth-order valence-corrected chi connectivity index (χ4v) is 5.58. The number of anilines is 1. The number of benzene rings is 1. The molecule has 0 saturated heterocycles. The van der Waals surface area contributed by atoms with E-state index in [4.69, 9.17) is 18.0 Å². The number of nitrogens with one attached hydrogen (secondary N) is 1. The van der Waals surface area contributed by atoms with Crippen molar-refractivity contribution < 1.29 is 22.6 Å². The smallest absolute Gasteiger partial charge is 0.494 e. The first-order valence-electron chi connectivity index (χ1n) is 10.6. The van der Waals surface area contributed by atoms with Crippen LogP contribution in [0, 0.1) is 0 Å². The van der Waals surface area contributed by atoms with Crippen LogP contribution in [0.4, 0.5) is 16.5 Å². The van der Waals surface area contributed by atoms with E-state index < -0.39 is 8.80 Å². The van der Waals surface area contributed by atoms with E-state index >= 15 is 0 Å². The molecule has 1 aromatic heterocycles. The second kappa shape index (κ2) is 13.6. The van der Waals surface area contributed by atoms with Crippen LogP contribution in [0.5, 0.6) is 5.75 Å². The molecule has 0 spiro atoms. The number of nitrogens with zero attached hydrogens (tertiary/aromatic N) is 4. The SMILES string of the molecule is COc1cc(N(C)C)ccc1N=Nc1scc[n+]1CCCNCCC[Si](OC)(OC)OC. The molecule has 0 aliphatic carbocycles. The van der Waals surface area contributed by atoms with Gasteiger partial charge in [-0.05, 0) is 54.5 Å². The molecule has 0 bridgehead atoms. The third-order valence-corrected chi connectivity index (χ3v) is 8.72. The van der Waals surface area contributed by atoms with Crippen LogP contribution < -0.4 is 19.5 Å². The largest absolute Gasteiger partial charge is 0.500 e. The lowest BCUT2D eigenvalue weighted by Crippen LogP contribution is -2.43. The molecule has 0 saturated carbocycles. The zero-order valence-electron chi connectivity index (χ0n) is 20.0. The van der Waals surface area contributed by atoms with Crippen LogP contribution in [0.15, 0.2) is 40.0 Å². The summed E-state index contributed by atoms with van der Waals surface area (Å²) in [6.07, 6.45) is 3.98. The van der Waals surface area contributed by atoms with E-state index in [0.29, 0.717) is 11.4 Å². The highest BCUT2D eigenvalue weighted by Gasteiger charge is 2.36. The van der Waals surface area contributed by atoms with Crippen molar-refractivity contribution in [2.45, 2.75) is 25.4 Å². The van der Waals surface area contributed by atoms with E-state index in [9.17, 15) is 0 Å². The number of aromatic nitrogens is 1. The Labute approximate surface area is 196 Å². The van der Waals surface area contributed by atoms with Crippen molar-refractivity contribution in [1.82, 2.24) is 5.32 Å². The van der Waals surface area contributed by atoms with Crippen molar-refractivity contribution in [2.75, 3.05) is 60.5 Å². The van der Waals surface area contributed by atoms with Crippen LogP contribution in [-0.2, 0) is 19.8 Å². The van der Waals surface area contributed by atoms with E-state index in [2.05, 4.69) is 20.1 Å². The van der Waals surface area contributed by atoms with Gasteiger partial charge >= 0.3 is 13.9 Å². The maximum atomic E-state index is 5.48. The summed E-state index contributed by atoms with van der Waals surface area (Å²) in [7, 11) is 8.11. The van der Waals surface area contributed by atoms with Gasteiger partial charge < -0.3 is 28.2 Å². The Kier molecular flexibility index (Phi) is 11.2. The molecule has 2 aromatic rings. The fraction of sp³-hybridized carbons (Fsp3) is 0.571. The molecule has 0 radical (unpaired) electrons. The number of azo groups is 1. The maximum Gasteiger partial charge on any atom is 0.500 e. The zero-order chi connectivity index (χ0) is 23.4. The summed E-state index contributed by atoms with van der Waals surface area (Å²) in [5.41, 5.74) is 1.77. The third-order valence-electron chi connectivity index (χ3n) is 5.11. The average Bonchev–Trinajstić information content (AvgIpc) is 3.27. The summed E-state index contributed by atoms with van der Waals surface area (Å²) < 4.78 is 23.9. The predicted octanol–water partition coefficient (Wildman–Crippen LogP) is 3.77. The molecule has 32 heavy (non-hydrogen) atoms. The van der Waals surface area contributed by atoms with Crippen LogP contribution in [0.3, 0.4) is 0 Å². The number of ether oxygens (including phenoxy) is 1. The second-order valence-electron chi connectivity index (χ2n) is 7.33. The highest BCUT2D eigenvalue weighted by atomic mass is 32.1. The monoisotopic (exact) mass is 482 g/mol. The van der Waals surface area contributed by atoms with Gasteiger partial charge in [0.2, 0.25) is 0 Å². The van der Waals surface area contributed by atoms with Gasteiger partial charge in [0.1, 0.15) is 6.20 Å². The van der Waals surface area contributed by atoms with Crippen molar-refractivity contribution in [3.05, 3.63) is 29.8 Å². The lowest BCUT2D eigenvalue weighted by molar-refractivity contribution is -0.680. The molecule has 2 rings (SSSR count). The molecule has 0 fully saturated rings. The summed E-state index contributed by atoms with van der Waals surface area (Å²) in [5, 5.41) is 15.2. The van der Waals surface area contributed by atoms with E-state index in [1.807, 2.05) is 48.8 Å². The number of rotatable bonds is 15. The lowest BCUT2D eigenvalue weighted by Gasteiger charge is -2.24. The Balaban J connectivity index is 1.81. The van der Waals surface area contributed by atoms with E-state index in [1.165, 1.54) is 0 Å². The molecule has 0 unspecified atom stereocenters. The summed E-state index contributed by atoms with van der Waals surface area (Å²) in [5.74, 6) is 0.703. The van der Waals surface area contributed by atoms with Crippen LogP contribution in [-0.4, -0.2) is 64.4 Å². The Bertz CT molecular complexity index is 837. The molecule has 1 N–H and O–H groups in total. The predicted molar refractivity (Wildman–Crippen MR) is 130 cm³/mol. The van der Waals surface area contributed by atoms with Crippen LogP contribution in [0.1, 0.15) is 12.8 Å². The summed E-state index contributed by atoms with van der Waals surface area (Å²) in [6, 6.07) is 6.69. The molecule has 1 aromatic carbocycles. The first-order chi connectivity index (χ1) is 15.5. The second-order valence-corrected chi connectivity index (χ2v) is 11.3. The van der Waals surface area contributed by atoms with Gasteiger partial charge in [0.15, 0.2) is 11.4 Å². The fourth-order valence-electron chi connectivity index (χ4n) is 3.16. The number of methoxy groups -OCH3 is 1. The highest BCUT2D eigenvalue weighted by Crippen LogP contribution is 2.32. The highest BCUT2D eigenvalue weighted by molar-refractivity contribution is 7.12. The first-order valence-corrected chi connectivity index (χ1v) is 13.4. The minimum atomic E-state index is -2.47. The van der Waals surface area contributed by atoms with Gasteiger partial charge in [0.25, 0.3) is 0 Å². The molecule has 11 heteroatoms. The Morgan fingerprint density at radius 1 is 1.03 bits per heavy atom. The zero-order valence-corrected chi connectivity index (χ0v) is 21.8. The summed E-state index contributed by atoms with van der Waals surface area (Å²) in [4.78, 5) is 2.02. The van der Waals surface area contributed by atoms with Crippen LogP contribution in [0.2, 0.25) is 6.04 Å². The molecular weight excluding hydrogens is 446 g/mol. The minimum Gasteiger partial charge on any atom is -0.494 e. The van der Waals surface area contributed by atoms with Gasteiger partial charge in [0.05, 0.1) is 18.8 Å². The third kappa shape index (κ3) is 7.61. The van der Waals surface area contributed by atoms with E-state index in [1.54, 1.807) is 39.8 Å². The van der Waals surface area contributed by atoms with Crippen molar-refractivity contribution >= 4 is 36.6 Å².